The highest BCUT2D eigenvalue weighted by atomic mass is 35.5. The summed E-state index contributed by atoms with van der Waals surface area (Å²) in [6.07, 6.45) is 2.31. The smallest absolute Gasteiger partial charge is 0.271 e. The van der Waals surface area contributed by atoms with Crippen molar-refractivity contribution in [2.75, 3.05) is 0 Å². The quantitative estimate of drug-likeness (QED) is 0.456. The molecular formula is C25H23ClN2O3. The van der Waals surface area contributed by atoms with Gasteiger partial charge in [0.05, 0.1) is 0 Å². The van der Waals surface area contributed by atoms with E-state index in [0.717, 1.165) is 11.1 Å². The van der Waals surface area contributed by atoms with Crippen LogP contribution in [-0.4, -0.2) is 22.8 Å². The van der Waals surface area contributed by atoms with Crippen molar-refractivity contribution in [3.63, 3.8) is 0 Å². The van der Waals surface area contributed by atoms with E-state index >= 15 is 0 Å². The number of hydrogen-bond donors (Lipinski definition) is 0. The van der Waals surface area contributed by atoms with Crippen molar-refractivity contribution in [2.45, 2.75) is 39.8 Å². The first-order valence-electron chi connectivity index (χ1n) is 10.0. The van der Waals surface area contributed by atoms with Gasteiger partial charge in [0.25, 0.3) is 11.8 Å². The number of hydrogen-bond acceptors (Lipinski definition) is 4. The molecule has 0 saturated heterocycles. The second-order valence-electron chi connectivity index (χ2n) is 7.36. The van der Waals surface area contributed by atoms with E-state index in [4.69, 9.17) is 16.3 Å². The van der Waals surface area contributed by atoms with E-state index in [9.17, 15) is 14.9 Å². The zero-order chi connectivity index (χ0) is 22.5. The maximum atomic E-state index is 13.0. The van der Waals surface area contributed by atoms with Gasteiger partial charge in [0, 0.05) is 22.2 Å². The minimum absolute atomic E-state index is 0.00541. The molecule has 0 fully saturated rings. The van der Waals surface area contributed by atoms with Crippen molar-refractivity contribution in [3.05, 3.63) is 81.4 Å². The van der Waals surface area contributed by atoms with Gasteiger partial charge in [0.1, 0.15) is 24.0 Å². The molecule has 2 aromatic rings. The fourth-order valence-corrected chi connectivity index (χ4v) is 3.48. The maximum Gasteiger partial charge on any atom is 0.271 e. The molecule has 0 bridgehead atoms. The van der Waals surface area contributed by atoms with Crippen LogP contribution in [0.5, 0.6) is 5.75 Å². The van der Waals surface area contributed by atoms with Gasteiger partial charge in [-0.1, -0.05) is 48.9 Å². The van der Waals surface area contributed by atoms with Crippen LogP contribution >= 0.6 is 11.6 Å². The Morgan fingerprint density at radius 1 is 1.13 bits per heavy atom. The second kappa shape index (κ2) is 9.63. The van der Waals surface area contributed by atoms with Gasteiger partial charge in [-0.2, -0.15) is 5.26 Å². The summed E-state index contributed by atoms with van der Waals surface area (Å²) in [6.45, 7) is 5.68. The molecule has 31 heavy (non-hydrogen) atoms. The molecule has 1 atom stereocenters. The summed E-state index contributed by atoms with van der Waals surface area (Å²) >= 11 is 6.16. The number of nitrogens with zero attached hydrogens (tertiary/aromatic N) is 2. The predicted octanol–water partition coefficient (Wildman–Crippen LogP) is 5.31. The van der Waals surface area contributed by atoms with Gasteiger partial charge in [-0.15, -0.1) is 0 Å². The fourth-order valence-electron chi connectivity index (χ4n) is 3.29. The SMILES string of the molecule is CCC(C)N1C(=O)C(C#N)=C(C)/C(=C\c2ccc(OCc3ccccc3Cl)cc2)C1=O. The van der Waals surface area contributed by atoms with E-state index in [1.165, 1.54) is 4.90 Å². The molecule has 0 saturated carbocycles. The molecule has 6 heteroatoms. The first-order valence-corrected chi connectivity index (χ1v) is 10.4. The van der Waals surface area contributed by atoms with Crippen LogP contribution in [0.15, 0.2) is 65.3 Å². The molecule has 5 nitrogen and oxygen atoms in total. The lowest BCUT2D eigenvalue weighted by Crippen LogP contribution is -2.47. The maximum absolute atomic E-state index is 13.0. The largest absolute Gasteiger partial charge is 0.489 e. The summed E-state index contributed by atoms with van der Waals surface area (Å²) in [4.78, 5) is 26.8. The minimum Gasteiger partial charge on any atom is -0.489 e. The molecular weight excluding hydrogens is 412 g/mol. The number of halogens is 1. The van der Waals surface area contributed by atoms with Gasteiger partial charge >= 0.3 is 0 Å². The van der Waals surface area contributed by atoms with Gasteiger partial charge in [0.15, 0.2) is 0 Å². The number of carbonyl (C=O) groups is 2. The fraction of sp³-hybridized carbons (Fsp3) is 0.240. The first-order chi connectivity index (χ1) is 14.9. The number of ether oxygens (including phenoxy) is 1. The number of nitriles is 1. The van der Waals surface area contributed by atoms with Crippen molar-refractivity contribution in [1.29, 1.82) is 5.26 Å². The molecule has 1 heterocycles. The summed E-state index contributed by atoms with van der Waals surface area (Å²) in [5.41, 5.74) is 2.41. The Bertz CT molecular complexity index is 1110. The molecule has 2 aromatic carbocycles. The third-order valence-electron chi connectivity index (χ3n) is 5.35. The molecule has 2 amide bonds. The monoisotopic (exact) mass is 434 g/mol. The predicted molar refractivity (Wildman–Crippen MR) is 120 cm³/mol. The zero-order valence-corrected chi connectivity index (χ0v) is 18.4. The van der Waals surface area contributed by atoms with Gasteiger partial charge in [0.2, 0.25) is 0 Å². The highest BCUT2D eigenvalue weighted by Gasteiger charge is 2.37. The molecule has 1 unspecified atom stereocenters. The average Bonchev–Trinajstić information content (AvgIpc) is 2.77. The summed E-state index contributed by atoms with van der Waals surface area (Å²) in [6, 6.07) is 16.4. The Morgan fingerprint density at radius 3 is 2.42 bits per heavy atom. The highest BCUT2D eigenvalue weighted by Crippen LogP contribution is 2.29. The number of rotatable bonds is 6. The third kappa shape index (κ3) is 4.70. The van der Waals surface area contributed by atoms with Crippen molar-refractivity contribution in [3.8, 4) is 11.8 Å². The van der Waals surface area contributed by atoms with Gasteiger partial charge in [-0.05, 0) is 55.7 Å². The van der Waals surface area contributed by atoms with Crippen LogP contribution in [0.25, 0.3) is 6.08 Å². The topological polar surface area (TPSA) is 70.4 Å². The molecule has 1 aliphatic heterocycles. The first kappa shape index (κ1) is 22.3. The van der Waals surface area contributed by atoms with Crippen molar-refractivity contribution >= 4 is 29.5 Å². The van der Waals surface area contributed by atoms with Crippen LogP contribution in [0.2, 0.25) is 5.02 Å². The molecule has 0 radical (unpaired) electrons. The van der Waals surface area contributed by atoms with Gasteiger partial charge < -0.3 is 4.74 Å². The van der Waals surface area contributed by atoms with Crippen LogP contribution < -0.4 is 4.74 Å². The summed E-state index contributed by atoms with van der Waals surface area (Å²) in [5, 5.41) is 10.1. The second-order valence-corrected chi connectivity index (χ2v) is 7.76. The minimum atomic E-state index is -0.528. The summed E-state index contributed by atoms with van der Waals surface area (Å²) in [5.74, 6) is -0.242. The van der Waals surface area contributed by atoms with Crippen LogP contribution in [-0.2, 0) is 16.2 Å². The van der Waals surface area contributed by atoms with E-state index in [1.54, 1.807) is 32.1 Å². The molecule has 1 aliphatic rings. The lowest BCUT2D eigenvalue weighted by molar-refractivity contribution is -0.142. The molecule has 158 valence electrons. The van der Waals surface area contributed by atoms with Crippen molar-refractivity contribution < 1.29 is 14.3 Å². The van der Waals surface area contributed by atoms with E-state index in [1.807, 2.05) is 49.4 Å². The number of carbonyl (C=O) groups excluding carboxylic acids is 2. The van der Waals surface area contributed by atoms with E-state index < -0.39 is 5.91 Å². The Kier molecular flexibility index (Phi) is 6.94. The molecule has 0 spiro atoms. The van der Waals surface area contributed by atoms with Gasteiger partial charge in [-0.25, -0.2) is 0 Å². The van der Waals surface area contributed by atoms with E-state index in [-0.39, 0.29) is 17.5 Å². The molecule has 3 rings (SSSR count). The van der Waals surface area contributed by atoms with Crippen LogP contribution in [0.3, 0.4) is 0 Å². The van der Waals surface area contributed by atoms with Crippen LogP contribution in [0.1, 0.15) is 38.3 Å². The molecule has 0 aliphatic carbocycles. The van der Waals surface area contributed by atoms with Crippen LogP contribution in [0, 0.1) is 11.3 Å². The van der Waals surface area contributed by atoms with Crippen molar-refractivity contribution in [2.24, 2.45) is 0 Å². The number of benzene rings is 2. The van der Waals surface area contributed by atoms with Gasteiger partial charge in [-0.3, -0.25) is 14.5 Å². The molecule has 0 N–H and O–H groups in total. The number of amides is 2. The molecule has 0 aromatic heterocycles. The normalized spacial score (nSPS) is 16.5. The lowest BCUT2D eigenvalue weighted by Gasteiger charge is -2.31. The summed E-state index contributed by atoms with van der Waals surface area (Å²) in [7, 11) is 0. The van der Waals surface area contributed by atoms with E-state index in [0.29, 0.717) is 34.9 Å². The Hall–Kier alpha value is -3.36. The lowest BCUT2D eigenvalue weighted by atomic mass is 9.92. The Labute approximate surface area is 187 Å². The highest BCUT2D eigenvalue weighted by molar-refractivity contribution is 6.31. The zero-order valence-electron chi connectivity index (χ0n) is 17.7. The third-order valence-corrected chi connectivity index (χ3v) is 5.72. The van der Waals surface area contributed by atoms with Crippen molar-refractivity contribution in [1.82, 2.24) is 4.90 Å². The standard InChI is InChI=1S/C25H23ClN2O3/c1-4-16(2)28-24(29)21(17(3)22(14-27)25(28)30)13-18-9-11-20(12-10-18)31-15-19-7-5-6-8-23(19)26/h5-13,16H,4,15H2,1-3H3/b21-13+. The average molecular weight is 435 g/mol. The Morgan fingerprint density at radius 2 is 1.81 bits per heavy atom. The van der Waals surface area contributed by atoms with E-state index in [2.05, 4.69) is 0 Å². The number of imide groups is 1. The Balaban J connectivity index is 1.85. The van der Waals surface area contributed by atoms with Crippen LogP contribution in [0.4, 0.5) is 0 Å². The summed E-state index contributed by atoms with van der Waals surface area (Å²) < 4.78 is 5.79.